The third-order valence-corrected chi connectivity index (χ3v) is 2.64. The summed E-state index contributed by atoms with van der Waals surface area (Å²) < 4.78 is 0. The van der Waals surface area contributed by atoms with Gasteiger partial charge >= 0.3 is 6.09 Å². The van der Waals surface area contributed by atoms with Crippen molar-refractivity contribution in [3.63, 3.8) is 0 Å². The van der Waals surface area contributed by atoms with Crippen molar-refractivity contribution in [1.82, 2.24) is 10.6 Å². The van der Waals surface area contributed by atoms with Gasteiger partial charge in [0.25, 0.3) is 0 Å². The topological polar surface area (TPSA) is 78.4 Å². The highest BCUT2D eigenvalue weighted by Gasteiger charge is 2.01. The second-order valence-electron chi connectivity index (χ2n) is 4.93. The number of hydrogen-bond donors (Lipinski definition) is 3. The molecular formula is C13H26N2O3. The minimum atomic E-state index is -0.988. The molecule has 5 heteroatoms. The first kappa shape index (κ1) is 16.7. The second kappa shape index (κ2) is 10.9. The molecular weight excluding hydrogens is 232 g/mol. The largest absolute Gasteiger partial charge is 0.465 e. The summed E-state index contributed by atoms with van der Waals surface area (Å²) in [6.45, 7) is 5.57. The molecule has 106 valence electrons. The van der Waals surface area contributed by atoms with Crippen molar-refractivity contribution in [2.24, 2.45) is 5.92 Å². The number of carboxylic acid groups (broad SMARTS) is 1. The predicted octanol–water partition coefficient (Wildman–Crippen LogP) is 2.37. The smallest absolute Gasteiger partial charge is 0.404 e. The quantitative estimate of drug-likeness (QED) is 0.526. The second-order valence-corrected chi connectivity index (χ2v) is 4.93. The first-order valence-corrected chi connectivity index (χ1v) is 6.76. The van der Waals surface area contributed by atoms with Crippen LogP contribution >= 0.6 is 0 Å². The number of amides is 2. The summed E-state index contributed by atoms with van der Waals surface area (Å²) in [5.41, 5.74) is 0. The molecule has 0 aromatic heterocycles. The SMILES string of the molecule is CC(C)CCCNC(=O)CCCCCNC(=O)O. The molecule has 0 aliphatic carbocycles. The first-order chi connectivity index (χ1) is 8.52. The Morgan fingerprint density at radius 3 is 2.28 bits per heavy atom. The summed E-state index contributed by atoms with van der Waals surface area (Å²) >= 11 is 0. The van der Waals surface area contributed by atoms with Gasteiger partial charge < -0.3 is 15.7 Å². The molecule has 0 aromatic carbocycles. The minimum Gasteiger partial charge on any atom is -0.465 e. The molecule has 2 amide bonds. The molecule has 0 saturated heterocycles. The Kier molecular flexibility index (Phi) is 10.1. The molecule has 0 aliphatic rings. The molecule has 0 fully saturated rings. The van der Waals surface area contributed by atoms with E-state index in [-0.39, 0.29) is 5.91 Å². The fourth-order valence-electron chi connectivity index (χ4n) is 1.61. The molecule has 3 N–H and O–H groups in total. The van der Waals surface area contributed by atoms with Crippen LogP contribution in [0.1, 0.15) is 52.4 Å². The summed E-state index contributed by atoms with van der Waals surface area (Å²) in [6.07, 6.45) is 4.20. The summed E-state index contributed by atoms with van der Waals surface area (Å²) in [5, 5.41) is 13.5. The number of nitrogens with one attached hydrogen (secondary N) is 2. The van der Waals surface area contributed by atoms with Crippen molar-refractivity contribution >= 4 is 12.0 Å². The maximum atomic E-state index is 11.4. The molecule has 0 aliphatic heterocycles. The highest BCUT2D eigenvalue weighted by molar-refractivity contribution is 5.75. The van der Waals surface area contributed by atoms with Gasteiger partial charge in [0.05, 0.1) is 0 Å². The van der Waals surface area contributed by atoms with Crippen molar-refractivity contribution < 1.29 is 14.7 Å². The van der Waals surface area contributed by atoms with Gasteiger partial charge in [0, 0.05) is 19.5 Å². The highest BCUT2D eigenvalue weighted by atomic mass is 16.4. The van der Waals surface area contributed by atoms with Gasteiger partial charge in [0.2, 0.25) is 5.91 Å². The molecule has 0 heterocycles. The first-order valence-electron chi connectivity index (χ1n) is 6.76. The van der Waals surface area contributed by atoms with Crippen molar-refractivity contribution in [2.45, 2.75) is 52.4 Å². The molecule has 0 spiro atoms. The summed E-state index contributed by atoms with van der Waals surface area (Å²) in [7, 11) is 0. The van der Waals surface area contributed by atoms with E-state index in [4.69, 9.17) is 5.11 Å². The fraction of sp³-hybridized carbons (Fsp3) is 0.846. The minimum absolute atomic E-state index is 0.102. The van der Waals surface area contributed by atoms with Gasteiger partial charge in [0.15, 0.2) is 0 Å². The molecule has 0 rings (SSSR count). The van der Waals surface area contributed by atoms with Gasteiger partial charge in [-0.2, -0.15) is 0 Å². The van der Waals surface area contributed by atoms with E-state index in [0.717, 1.165) is 38.6 Å². The molecule has 0 saturated carbocycles. The maximum absolute atomic E-state index is 11.4. The van der Waals surface area contributed by atoms with Crippen LogP contribution in [0.15, 0.2) is 0 Å². The van der Waals surface area contributed by atoms with Crippen molar-refractivity contribution in [1.29, 1.82) is 0 Å². The van der Waals surface area contributed by atoms with E-state index >= 15 is 0 Å². The molecule has 0 radical (unpaired) electrons. The van der Waals surface area contributed by atoms with Gasteiger partial charge in [0.1, 0.15) is 0 Å². The molecule has 0 bridgehead atoms. The molecule has 5 nitrogen and oxygen atoms in total. The average Bonchev–Trinajstić information content (AvgIpc) is 2.28. The van der Waals surface area contributed by atoms with Gasteiger partial charge in [-0.15, -0.1) is 0 Å². The Morgan fingerprint density at radius 2 is 1.67 bits per heavy atom. The van der Waals surface area contributed by atoms with E-state index in [1.165, 1.54) is 0 Å². The van der Waals surface area contributed by atoms with Crippen molar-refractivity contribution in [3.05, 3.63) is 0 Å². The van der Waals surface area contributed by atoms with E-state index in [1.807, 2.05) is 0 Å². The Balaban J connectivity index is 3.24. The lowest BCUT2D eigenvalue weighted by Gasteiger charge is -2.06. The average molecular weight is 258 g/mol. The van der Waals surface area contributed by atoms with E-state index < -0.39 is 6.09 Å². The van der Waals surface area contributed by atoms with Crippen LogP contribution in [0.25, 0.3) is 0 Å². The van der Waals surface area contributed by atoms with Gasteiger partial charge in [-0.1, -0.05) is 20.3 Å². The Bertz CT molecular complexity index is 242. The van der Waals surface area contributed by atoms with Crippen molar-refractivity contribution in [2.75, 3.05) is 13.1 Å². The lowest BCUT2D eigenvalue weighted by Crippen LogP contribution is -2.24. The number of rotatable bonds is 10. The zero-order chi connectivity index (χ0) is 13.8. The number of unbranched alkanes of at least 4 members (excludes halogenated alkanes) is 2. The molecule has 0 unspecified atom stereocenters. The normalized spacial score (nSPS) is 10.4. The Hall–Kier alpha value is -1.26. The lowest BCUT2D eigenvalue weighted by molar-refractivity contribution is -0.121. The zero-order valence-corrected chi connectivity index (χ0v) is 11.5. The number of carbonyl (C=O) groups excluding carboxylic acids is 1. The lowest BCUT2D eigenvalue weighted by atomic mass is 10.1. The standard InChI is InChI=1S/C13H26N2O3/c1-11(2)7-6-10-14-12(16)8-4-3-5-9-15-13(17)18/h11,15H,3-10H2,1-2H3,(H,14,16)(H,17,18). The number of hydrogen-bond acceptors (Lipinski definition) is 2. The van der Waals surface area contributed by atoms with Crippen LogP contribution in [-0.4, -0.2) is 30.2 Å². The highest BCUT2D eigenvalue weighted by Crippen LogP contribution is 2.02. The molecule has 18 heavy (non-hydrogen) atoms. The fourth-order valence-corrected chi connectivity index (χ4v) is 1.61. The molecule has 0 aromatic rings. The predicted molar refractivity (Wildman–Crippen MR) is 71.6 cm³/mol. The summed E-state index contributed by atoms with van der Waals surface area (Å²) in [5.74, 6) is 0.786. The maximum Gasteiger partial charge on any atom is 0.404 e. The third-order valence-electron chi connectivity index (χ3n) is 2.64. The van der Waals surface area contributed by atoms with Crippen LogP contribution in [0.3, 0.4) is 0 Å². The van der Waals surface area contributed by atoms with E-state index in [2.05, 4.69) is 24.5 Å². The van der Waals surface area contributed by atoms with Crippen molar-refractivity contribution in [3.8, 4) is 0 Å². The van der Waals surface area contributed by atoms with Crippen LogP contribution in [0.4, 0.5) is 4.79 Å². The monoisotopic (exact) mass is 258 g/mol. The van der Waals surface area contributed by atoms with Gasteiger partial charge in [-0.25, -0.2) is 4.79 Å². The van der Waals surface area contributed by atoms with Gasteiger partial charge in [-0.3, -0.25) is 4.79 Å². The van der Waals surface area contributed by atoms with Crippen LogP contribution in [0, 0.1) is 5.92 Å². The summed E-state index contributed by atoms with van der Waals surface area (Å²) in [6, 6.07) is 0. The molecule has 0 atom stereocenters. The Morgan fingerprint density at radius 1 is 1.00 bits per heavy atom. The Labute approximate surface area is 109 Å². The van der Waals surface area contributed by atoms with E-state index in [0.29, 0.717) is 18.9 Å². The van der Waals surface area contributed by atoms with Crippen LogP contribution in [0.5, 0.6) is 0 Å². The van der Waals surface area contributed by atoms with Gasteiger partial charge in [-0.05, 0) is 31.6 Å². The van der Waals surface area contributed by atoms with Crippen LogP contribution in [0.2, 0.25) is 0 Å². The van der Waals surface area contributed by atoms with E-state index in [1.54, 1.807) is 0 Å². The zero-order valence-electron chi connectivity index (χ0n) is 11.5. The number of carbonyl (C=O) groups is 2. The third kappa shape index (κ3) is 12.8. The van der Waals surface area contributed by atoms with E-state index in [9.17, 15) is 9.59 Å². The van der Waals surface area contributed by atoms with Crippen LogP contribution in [-0.2, 0) is 4.79 Å². The van der Waals surface area contributed by atoms with Crippen LogP contribution < -0.4 is 10.6 Å². The summed E-state index contributed by atoms with van der Waals surface area (Å²) in [4.78, 5) is 21.6.